The number of anilines is 1. The Morgan fingerprint density at radius 1 is 1.14 bits per heavy atom. The van der Waals surface area contributed by atoms with Crippen LogP contribution in [0.25, 0.3) is 0 Å². The van der Waals surface area contributed by atoms with E-state index in [2.05, 4.69) is 12.1 Å². The van der Waals surface area contributed by atoms with E-state index in [0.29, 0.717) is 37.8 Å². The van der Waals surface area contributed by atoms with Gasteiger partial charge in [0.2, 0.25) is 11.8 Å². The van der Waals surface area contributed by atoms with Crippen LogP contribution in [0.2, 0.25) is 0 Å². The van der Waals surface area contributed by atoms with Crippen LogP contribution in [0.3, 0.4) is 0 Å². The molecule has 0 unspecified atom stereocenters. The number of hydrogen-bond acceptors (Lipinski definition) is 5. The number of amides is 2. The molecule has 2 aromatic rings. The van der Waals surface area contributed by atoms with Crippen LogP contribution in [0.1, 0.15) is 12.0 Å². The monoisotopic (exact) mass is 412 g/mol. The first kappa shape index (κ1) is 19.6. The molecule has 1 fully saturated rings. The van der Waals surface area contributed by atoms with E-state index in [1.54, 1.807) is 28.6 Å². The third kappa shape index (κ3) is 4.19. The Morgan fingerprint density at radius 3 is 2.59 bits per heavy atom. The number of benzene rings is 2. The maximum atomic E-state index is 12.9. The summed E-state index contributed by atoms with van der Waals surface area (Å²) in [5, 5.41) is 0. The van der Waals surface area contributed by atoms with Gasteiger partial charge in [0.1, 0.15) is 13.2 Å². The predicted molar refractivity (Wildman–Crippen MR) is 113 cm³/mol. The van der Waals surface area contributed by atoms with E-state index in [1.807, 2.05) is 36.6 Å². The second kappa shape index (κ2) is 8.37. The number of ether oxygens (including phenoxy) is 2. The Balaban J connectivity index is 1.42. The quantitative estimate of drug-likeness (QED) is 0.706. The second-order valence-electron chi connectivity index (χ2n) is 7.28. The van der Waals surface area contributed by atoms with Gasteiger partial charge in [-0.2, -0.15) is 0 Å². The molecule has 152 valence electrons. The second-order valence-corrected chi connectivity index (χ2v) is 8.16. The largest absolute Gasteiger partial charge is 0.486 e. The van der Waals surface area contributed by atoms with Crippen LogP contribution in [0, 0.1) is 5.92 Å². The van der Waals surface area contributed by atoms with Crippen molar-refractivity contribution >= 4 is 29.3 Å². The number of carbonyl (C=O) groups is 2. The molecule has 1 atom stereocenters. The van der Waals surface area contributed by atoms with E-state index < -0.39 is 0 Å². The summed E-state index contributed by atoms with van der Waals surface area (Å²) in [6, 6.07) is 13.7. The van der Waals surface area contributed by atoms with E-state index in [4.69, 9.17) is 9.47 Å². The van der Waals surface area contributed by atoms with Crippen molar-refractivity contribution in [3.8, 4) is 11.5 Å². The smallest absolute Gasteiger partial charge is 0.228 e. The van der Waals surface area contributed by atoms with Crippen molar-refractivity contribution in [3.63, 3.8) is 0 Å². The Kier molecular flexibility index (Phi) is 5.67. The Bertz CT molecular complexity index is 916. The van der Waals surface area contributed by atoms with Gasteiger partial charge in [-0.3, -0.25) is 9.59 Å². The first-order chi connectivity index (χ1) is 14.0. The van der Waals surface area contributed by atoms with Gasteiger partial charge in [-0.05, 0) is 36.1 Å². The van der Waals surface area contributed by atoms with Gasteiger partial charge in [0.25, 0.3) is 0 Å². The van der Waals surface area contributed by atoms with Gasteiger partial charge in [-0.15, -0.1) is 11.8 Å². The van der Waals surface area contributed by atoms with E-state index in [9.17, 15) is 9.59 Å². The molecule has 4 rings (SSSR count). The minimum atomic E-state index is -0.342. The summed E-state index contributed by atoms with van der Waals surface area (Å²) >= 11 is 1.69. The first-order valence-electron chi connectivity index (χ1n) is 9.63. The maximum absolute atomic E-state index is 12.9. The van der Waals surface area contributed by atoms with Crippen LogP contribution in [0.15, 0.2) is 47.4 Å². The molecule has 2 aliphatic rings. The number of rotatable bonds is 5. The van der Waals surface area contributed by atoms with E-state index in [1.165, 1.54) is 4.90 Å². The average Bonchev–Trinajstić information content (AvgIpc) is 3.15. The summed E-state index contributed by atoms with van der Waals surface area (Å²) in [5.74, 6) is 0.935. The van der Waals surface area contributed by atoms with E-state index in [-0.39, 0.29) is 24.2 Å². The highest BCUT2D eigenvalue weighted by atomic mass is 32.2. The summed E-state index contributed by atoms with van der Waals surface area (Å²) in [4.78, 5) is 30.1. The van der Waals surface area contributed by atoms with Crippen LogP contribution in [-0.4, -0.2) is 49.8 Å². The zero-order chi connectivity index (χ0) is 20.4. The third-order valence-electron chi connectivity index (χ3n) is 5.27. The normalized spacial score (nSPS) is 18.1. The Labute approximate surface area is 174 Å². The van der Waals surface area contributed by atoms with Crippen molar-refractivity contribution in [1.29, 1.82) is 0 Å². The average molecular weight is 413 g/mol. The molecular formula is C22H24N2O4S. The fourth-order valence-corrected chi connectivity index (χ4v) is 4.13. The molecule has 29 heavy (non-hydrogen) atoms. The van der Waals surface area contributed by atoms with Crippen molar-refractivity contribution in [2.45, 2.75) is 17.9 Å². The first-order valence-corrected chi connectivity index (χ1v) is 10.9. The molecule has 1 saturated heterocycles. The molecule has 0 aromatic heterocycles. The molecule has 0 spiro atoms. The molecule has 6 nitrogen and oxygen atoms in total. The fraction of sp³-hybridized carbons (Fsp3) is 0.364. The summed E-state index contributed by atoms with van der Waals surface area (Å²) in [6.45, 7) is 1.93. The zero-order valence-electron chi connectivity index (χ0n) is 16.6. The lowest BCUT2D eigenvalue weighted by atomic mass is 10.1. The molecule has 2 aromatic carbocycles. The van der Waals surface area contributed by atoms with Crippen molar-refractivity contribution in [2.75, 3.05) is 38.0 Å². The van der Waals surface area contributed by atoms with Gasteiger partial charge in [0.05, 0.1) is 5.92 Å². The van der Waals surface area contributed by atoms with Crippen molar-refractivity contribution < 1.29 is 19.1 Å². The molecule has 2 heterocycles. The lowest BCUT2D eigenvalue weighted by Crippen LogP contribution is -2.34. The minimum absolute atomic E-state index is 0.00710. The highest BCUT2D eigenvalue weighted by Gasteiger charge is 2.36. The molecule has 0 N–H and O–H groups in total. The molecule has 2 amide bonds. The summed E-state index contributed by atoms with van der Waals surface area (Å²) in [5.41, 5.74) is 1.82. The molecule has 2 aliphatic heterocycles. The van der Waals surface area contributed by atoms with Crippen LogP contribution >= 0.6 is 11.8 Å². The molecule has 7 heteroatoms. The molecule has 0 saturated carbocycles. The van der Waals surface area contributed by atoms with E-state index >= 15 is 0 Å². The topological polar surface area (TPSA) is 59.1 Å². The number of nitrogens with zero attached hydrogens (tertiary/aromatic N) is 2. The summed E-state index contributed by atoms with van der Waals surface area (Å²) in [6.07, 6.45) is 2.26. The van der Waals surface area contributed by atoms with Crippen molar-refractivity contribution in [1.82, 2.24) is 4.90 Å². The van der Waals surface area contributed by atoms with Crippen LogP contribution in [0.4, 0.5) is 5.69 Å². The Hall–Kier alpha value is -2.67. The number of fused-ring (bicyclic) bond motifs is 1. The van der Waals surface area contributed by atoms with Gasteiger partial charge >= 0.3 is 0 Å². The predicted octanol–water partition coefficient (Wildman–Crippen LogP) is 3.19. The minimum Gasteiger partial charge on any atom is -0.486 e. The third-order valence-corrected chi connectivity index (χ3v) is 6.01. The fourth-order valence-electron chi connectivity index (χ4n) is 3.72. The summed E-state index contributed by atoms with van der Waals surface area (Å²) < 4.78 is 11.2. The lowest BCUT2D eigenvalue weighted by molar-refractivity contribution is -0.135. The standard InChI is InChI=1S/C22H24N2O4S/c1-23(13-15-3-6-18(29-2)7-4-15)22(26)16-11-21(25)24(14-16)17-5-8-19-20(12-17)28-10-9-27-19/h3-8,12,16H,9-11,13-14H2,1-2H3/t16-/m0/s1. The Morgan fingerprint density at radius 2 is 1.86 bits per heavy atom. The highest BCUT2D eigenvalue weighted by Crippen LogP contribution is 2.36. The lowest BCUT2D eigenvalue weighted by Gasteiger charge is -2.23. The van der Waals surface area contributed by atoms with Crippen LogP contribution < -0.4 is 14.4 Å². The van der Waals surface area contributed by atoms with E-state index in [0.717, 1.165) is 11.3 Å². The van der Waals surface area contributed by atoms with Gasteiger partial charge in [0, 0.05) is 43.2 Å². The molecule has 0 bridgehead atoms. The van der Waals surface area contributed by atoms with Gasteiger partial charge < -0.3 is 19.3 Å². The van der Waals surface area contributed by atoms with Crippen LogP contribution in [-0.2, 0) is 16.1 Å². The van der Waals surface area contributed by atoms with Gasteiger partial charge in [0.15, 0.2) is 11.5 Å². The summed E-state index contributed by atoms with van der Waals surface area (Å²) in [7, 11) is 1.79. The number of carbonyl (C=O) groups excluding carboxylic acids is 2. The van der Waals surface area contributed by atoms with Crippen molar-refractivity contribution in [2.24, 2.45) is 5.92 Å². The molecule has 0 aliphatic carbocycles. The number of thioether (sulfide) groups is 1. The zero-order valence-corrected chi connectivity index (χ0v) is 17.4. The van der Waals surface area contributed by atoms with Gasteiger partial charge in [-0.1, -0.05) is 12.1 Å². The SMILES string of the molecule is CSc1ccc(CN(C)C(=O)[C@H]2CC(=O)N(c3ccc4c(c3)OCCO4)C2)cc1. The van der Waals surface area contributed by atoms with Gasteiger partial charge in [-0.25, -0.2) is 0 Å². The highest BCUT2D eigenvalue weighted by molar-refractivity contribution is 7.98. The number of hydrogen-bond donors (Lipinski definition) is 0. The maximum Gasteiger partial charge on any atom is 0.228 e. The van der Waals surface area contributed by atoms with Crippen LogP contribution in [0.5, 0.6) is 11.5 Å². The molecular weight excluding hydrogens is 388 g/mol. The molecule has 0 radical (unpaired) electrons. The van der Waals surface area contributed by atoms with Crippen molar-refractivity contribution in [3.05, 3.63) is 48.0 Å².